The monoisotopic (exact) mass is 194 g/mol. The fraction of sp³-hybridized carbons (Fsp3) is 0.727. The van der Waals surface area contributed by atoms with Crippen molar-refractivity contribution in [2.75, 3.05) is 0 Å². The van der Waals surface area contributed by atoms with E-state index in [1.807, 2.05) is 6.92 Å². The van der Waals surface area contributed by atoms with Gasteiger partial charge in [0.25, 0.3) is 0 Å². The Morgan fingerprint density at radius 3 is 2.64 bits per heavy atom. The second-order valence-corrected chi connectivity index (χ2v) is 4.09. The molecule has 14 heavy (non-hydrogen) atoms. The van der Waals surface area contributed by atoms with E-state index in [2.05, 4.69) is 4.98 Å². The first-order chi connectivity index (χ1) is 6.81. The predicted octanol–water partition coefficient (Wildman–Crippen LogP) is 2.49. The van der Waals surface area contributed by atoms with E-state index in [1.54, 1.807) is 0 Å². The average molecular weight is 194 g/mol. The molecule has 0 unspecified atom stereocenters. The summed E-state index contributed by atoms with van der Waals surface area (Å²) >= 11 is 0. The molecule has 1 aliphatic rings. The van der Waals surface area contributed by atoms with Crippen LogP contribution in [0.25, 0.3) is 0 Å². The summed E-state index contributed by atoms with van der Waals surface area (Å²) in [6.07, 6.45) is 6.55. The largest absolute Gasteiger partial charge is 0.444 e. The summed E-state index contributed by atoms with van der Waals surface area (Å²) in [6.45, 7) is 2.41. The third kappa shape index (κ3) is 1.82. The second-order valence-electron chi connectivity index (χ2n) is 4.09. The van der Waals surface area contributed by atoms with Crippen LogP contribution >= 0.6 is 0 Å². The van der Waals surface area contributed by atoms with Crippen molar-refractivity contribution >= 4 is 0 Å². The van der Waals surface area contributed by atoms with Crippen LogP contribution in [0.2, 0.25) is 0 Å². The number of nitrogens with two attached hydrogens (primary N) is 1. The molecule has 1 fully saturated rings. The Morgan fingerprint density at radius 1 is 1.36 bits per heavy atom. The van der Waals surface area contributed by atoms with Crippen molar-refractivity contribution < 1.29 is 4.42 Å². The molecule has 2 rings (SSSR count). The van der Waals surface area contributed by atoms with Crippen LogP contribution in [0, 0.1) is 6.92 Å². The molecule has 1 saturated carbocycles. The molecule has 0 saturated heterocycles. The van der Waals surface area contributed by atoms with Gasteiger partial charge in [-0.05, 0) is 19.8 Å². The highest BCUT2D eigenvalue weighted by atomic mass is 16.4. The summed E-state index contributed by atoms with van der Waals surface area (Å²) in [4.78, 5) is 4.46. The van der Waals surface area contributed by atoms with Crippen LogP contribution in [0.5, 0.6) is 0 Å². The van der Waals surface area contributed by atoms with E-state index in [4.69, 9.17) is 10.2 Å². The van der Waals surface area contributed by atoms with Crippen molar-refractivity contribution in [3.05, 3.63) is 17.3 Å². The molecule has 0 radical (unpaired) electrons. The molecule has 1 heterocycles. The van der Waals surface area contributed by atoms with Gasteiger partial charge < -0.3 is 10.2 Å². The molecule has 78 valence electrons. The van der Waals surface area contributed by atoms with Crippen molar-refractivity contribution in [2.24, 2.45) is 5.73 Å². The quantitative estimate of drug-likeness (QED) is 0.787. The van der Waals surface area contributed by atoms with Crippen LogP contribution < -0.4 is 5.73 Å². The summed E-state index contributed by atoms with van der Waals surface area (Å²) in [5, 5.41) is 0. The van der Waals surface area contributed by atoms with Gasteiger partial charge in [0.05, 0.1) is 12.2 Å². The zero-order valence-electron chi connectivity index (χ0n) is 8.75. The Balaban J connectivity index is 2.17. The minimum Gasteiger partial charge on any atom is -0.444 e. The van der Waals surface area contributed by atoms with E-state index >= 15 is 0 Å². The first-order valence-electron chi connectivity index (χ1n) is 5.47. The van der Waals surface area contributed by atoms with Gasteiger partial charge in [0.1, 0.15) is 5.76 Å². The summed E-state index contributed by atoms with van der Waals surface area (Å²) in [5.74, 6) is 2.27. The van der Waals surface area contributed by atoms with Gasteiger partial charge >= 0.3 is 0 Å². The second kappa shape index (κ2) is 4.13. The molecule has 3 nitrogen and oxygen atoms in total. The molecular weight excluding hydrogens is 176 g/mol. The van der Waals surface area contributed by atoms with E-state index in [1.165, 1.54) is 32.1 Å². The maximum atomic E-state index is 5.51. The number of hydrogen-bond donors (Lipinski definition) is 1. The average Bonchev–Trinajstić information content (AvgIpc) is 2.61. The third-order valence-corrected chi connectivity index (χ3v) is 3.04. The highest BCUT2D eigenvalue weighted by Gasteiger charge is 2.21. The minimum atomic E-state index is 0.410. The third-order valence-electron chi connectivity index (χ3n) is 3.04. The van der Waals surface area contributed by atoms with Crippen LogP contribution in [-0.4, -0.2) is 4.98 Å². The number of rotatable bonds is 2. The Labute approximate surface area is 84.7 Å². The molecule has 1 aromatic heterocycles. The molecule has 0 aromatic carbocycles. The molecule has 1 aromatic rings. The van der Waals surface area contributed by atoms with Crippen LogP contribution in [0.15, 0.2) is 4.42 Å². The molecular formula is C11H18N2O. The molecule has 0 aliphatic heterocycles. The lowest BCUT2D eigenvalue weighted by atomic mass is 9.86. The minimum absolute atomic E-state index is 0.410. The van der Waals surface area contributed by atoms with E-state index in [9.17, 15) is 0 Å². The molecule has 0 amide bonds. The fourth-order valence-electron chi connectivity index (χ4n) is 2.31. The highest BCUT2D eigenvalue weighted by Crippen LogP contribution is 2.33. The SMILES string of the molecule is Cc1oc(CN)nc1C1CCCCC1. The van der Waals surface area contributed by atoms with Crippen molar-refractivity contribution in [3.63, 3.8) is 0 Å². The Morgan fingerprint density at radius 2 is 2.07 bits per heavy atom. The molecule has 2 N–H and O–H groups in total. The standard InChI is InChI=1S/C11H18N2O/c1-8-11(13-10(7-12)14-8)9-5-3-2-4-6-9/h9H,2-7,12H2,1H3. The number of aryl methyl sites for hydroxylation is 1. The lowest BCUT2D eigenvalue weighted by Gasteiger charge is -2.19. The van der Waals surface area contributed by atoms with E-state index in [-0.39, 0.29) is 0 Å². The fourth-order valence-corrected chi connectivity index (χ4v) is 2.31. The Bertz CT molecular complexity index is 300. The molecule has 0 bridgehead atoms. The van der Waals surface area contributed by atoms with E-state index < -0.39 is 0 Å². The molecule has 0 atom stereocenters. The van der Waals surface area contributed by atoms with E-state index in [0.717, 1.165) is 11.5 Å². The molecule has 0 spiro atoms. The Kier molecular flexibility index (Phi) is 2.87. The summed E-state index contributed by atoms with van der Waals surface area (Å²) in [5.41, 5.74) is 6.66. The van der Waals surface area contributed by atoms with Crippen LogP contribution in [0.4, 0.5) is 0 Å². The lowest BCUT2D eigenvalue weighted by molar-refractivity contribution is 0.429. The zero-order valence-corrected chi connectivity index (χ0v) is 8.75. The van der Waals surface area contributed by atoms with Gasteiger partial charge in [0, 0.05) is 5.92 Å². The van der Waals surface area contributed by atoms with Gasteiger partial charge in [-0.15, -0.1) is 0 Å². The summed E-state index contributed by atoms with van der Waals surface area (Å²) < 4.78 is 5.48. The van der Waals surface area contributed by atoms with Gasteiger partial charge in [-0.25, -0.2) is 4.98 Å². The lowest BCUT2D eigenvalue weighted by Crippen LogP contribution is -2.06. The van der Waals surface area contributed by atoms with Gasteiger partial charge in [-0.3, -0.25) is 0 Å². The normalized spacial score (nSPS) is 18.7. The van der Waals surface area contributed by atoms with Gasteiger partial charge in [-0.1, -0.05) is 19.3 Å². The van der Waals surface area contributed by atoms with Crippen molar-refractivity contribution in [1.82, 2.24) is 4.98 Å². The number of oxazole rings is 1. The van der Waals surface area contributed by atoms with Gasteiger partial charge in [0.2, 0.25) is 5.89 Å². The van der Waals surface area contributed by atoms with Gasteiger partial charge in [-0.2, -0.15) is 0 Å². The first kappa shape index (κ1) is 9.71. The maximum Gasteiger partial charge on any atom is 0.208 e. The van der Waals surface area contributed by atoms with Crippen LogP contribution in [0.3, 0.4) is 0 Å². The summed E-state index contributed by atoms with van der Waals surface area (Å²) in [7, 11) is 0. The van der Waals surface area contributed by atoms with Crippen LogP contribution in [0.1, 0.15) is 55.4 Å². The summed E-state index contributed by atoms with van der Waals surface area (Å²) in [6, 6.07) is 0. The zero-order chi connectivity index (χ0) is 9.97. The number of nitrogens with zero attached hydrogens (tertiary/aromatic N) is 1. The highest BCUT2D eigenvalue weighted by molar-refractivity contribution is 5.14. The predicted molar refractivity (Wildman–Crippen MR) is 55.0 cm³/mol. The van der Waals surface area contributed by atoms with E-state index in [0.29, 0.717) is 18.4 Å². The Hall–Kier alpha value is -0.830. The smallest absolute Gasteiger partial charge is 0.208 e. The van der Waals surface area contributed by atoms with Crippen molar-refractivity contribution in [1.29, 1.82) is 0 Å². The maximum absolute atomic E-state index is 5.51. The number of hydrogen-bond acceptors (Lipinski definition) is 3. The van der Waals surface area contributed by atoms with Crippen LogP contribution in [-0.2, 0) is 6.54 Å². The number of aromatic nitrogens is 1. The van der Waals surface area contributed by atoms with Crippen molar-refractivity contribution in [3.8, 4) is 0 Å². The first-order valence-corrected chi connectivity index (χ1v) is 5.47. The van der Waals surface area contributed by atoms with Crippen molar-refractivity contribution in [2.45, 2.75) is 51.5 Å². The topological polar surface area (TPSA) is 52.0 Å². The molecule has 1 aliphatic carbocycles. The molecule has 3 heteroatoms. The van der Waals surface area contributed by atoms with Gasteiger partial charge in [0.15, 0.2) is 0 Å².